The second-order valence-corrected chi connectivity index (χ2v) is 9.16. The van der Waals surface area contributed by atoms with Gasteiger partial charge in [0.2, 0.25) is 5.88 Å². The first-order chi connectivity index (χ1) is 16.0. The lowest BCUT2D eigenvalue weighted by Gasteiger charge is -2.32. The minimum atomic E-state index is -0.0983. The Hall–Kier alpha value is -3.24. The Kier molecular flexibility index (Phi) is 5.63. The van der Waals surface area contributed by atoms with Crippen LogP contribution in [0.4, 0.5) is 0 Å². The number of rotatable bonds is 5. The van der Waals surface area contributed by atoms with E-state index in [0.29, 0.717) is 29.7 Å². The highest BCUT2D eigenvalue weighted by Crippen LogP contribution is 2.36. The number of para-hydroxylation sites is 2. The molecule has 172 valence electrons. The van der Waals surface area contributed by atoms with Crippen molar-refractivity contribution in [1.29, 1.82) is 0 Å². The van der Waals surface area contributed by atoms with E-state index in [1.165, 1.54) is 11.3 Å². The number of hydrogen-bond acceptors (Lipinski definition) is 7. The number of ether oxygens (including phenoxy) is 2. The van der Waals surface area contributed by atoms with Crippen molar-refractivity contribution in [2.24, 2.45) is 0 Å². The van der Waals surface area contributed by atoms with E-state index >= 15 is 0 Å². The van der Waals surface area contributed by atoms with E-state index in [4.69, 9.17) is 9.47 Å². The van der Waals surface area contributed by atoms with Crippen molar-refractivity contribution in [1.82, 2.24) is 24.4 Å². The van der Waals surface area contributed by atoms with Crippen LogP contribution in [0.3, 0.4) is 0 Å². The number of likely N-dealkylation sites (tertiary alicyclic amines) is 1. The Morgan fingerprint density at radius 3 is 2.70 bits per heavy atom. The SMILES string of the molecule is COCc1nc(OC)c2c(C)c(C(=O)N3CCC(n4c(=O)[nH]c5ccccc54)CC3)sc2n1. The summed E-state index contributed by atoms with van der Waals surface area (Å²) >= 11 is 1.36. The Morgan fingerprint density at radius 2 is 1.97 bits per heavy atom. The van der Waals surface area contributed by atoms with Crippen LogP contribution in [0.5, 0.6) is 5.88 Å². The molecule has 1 fully saturated rings. The summed E-state index contributed by atoms with van der Waals surface area (Å²) in [6.07, 6.45) is 1.44. The molecule has 4 heterocycles. The quantitative estimate of drug-likeness (QED) is 0.483. The zero-order valence-electron chi connectivity index (χ0n) is 18.8. The number of imidazole rings is 1. The van der Waals surface area contributed by atoms with Gasteiger partial charge in [-0.2, -0.15) is 4.98 Å². The molecule has 1 saturated heterocycles. The van der Waals surface area contributed by atoms with E-state index in [1.807, 2.05) is 40.7 Å². The maximum Gasteiger partial charge on any atom is 0.326 e. The molecule has 0 unspecified atom stereocenters. The fourth-order valence-electron chi connectivity index (χ4n) is 4.60. The van der Waals surface area contributed by atoms with Gasteiger partial charge in [-0.3, -0.25) is 9.36 Å². The standard InChI is InChI=1S/C23H25N5O4S/c1-13-18-20(32-3)25-17(12-31-2)26-21(18)33-19(13)22(29)27-10-8-14(9-11-27)28-16-7-5-4-6-15(16)24-23(28)30/h4-7,14H,8-12H2,1-3H3,(H,24,30). The van der Waals surface area contributed by atoms with E-state index in [-0.39, 0.29) is 24.2 Å². The highest BCUT2D eigenvalue weighted by atomic mass is 32.1. The normalized spacial score (nSPS) is 14.9. The number of nitrogens with zero attached hydrogens (tertiary/aromatic N) is 4. The van der Waals surface area contributed by atoms with Gasteiger partial charge in [0.15, 0.2) is 5.82 Å². The Bertz CT molecular complexity index is 1400. The minimum absolute atomic E-state index is 0.0180. The fraction of sp³-hybridized carbons (Fsp3) is 0.391. The maximum absolute atomic E-state index is 13.4. The lowest BCUT2D eigenvalue weighted by Crippen LogP contribution is -2.40. The molecule has 0 bridgehead atoms. The highest BCUT2D eigenvalue weighted by molar-refractivity contribution is 7.20. The lowest BCUT2D eigenvalue weighted by molar-refractivity contribution is 0.0699. The monoisotopic (exact) mass is 467 g/mol. The van der Waals surface area contributed by atoms with Gasteiger partial charge >= 0.3 is 5.69 Å². The summed E-state index contributed by atoms with van der Waals surface area (Å²) in [7, 11) is 3.15. The third-order valence-corrected chi connectivity index (χ3v) is 7.38. The molecule has 1 aromatic carbocycles. The maximum atomic E-state index is 13.4. The zero-order chi connectivity index (χ0) is 23.1. The molecule has 1 aliphatic heterocycles. The van der Waals surface area contributed by atoms with Crippen LogP contribution < -0.4 is 10.4 Å². The molecular formula is C23H25N5O4S. The van der Waals surface area contributed by atoms with Crippen molar-refractivity contribution in [3.63, 3.8) is 0 Å². The van der Waals surface area contributed by atoms with Gasteiger partial charge in [0.1, 0.15) is 11.4 Å². The number of thiophene rings is 1. The third kappa shape index (κ3) is 3.68. The number of nitrogens with one attached hydrogen (secondary N) is 1. The number of benzene rings is 1. The van der Waals surface area contributed by atoms with Crippen LogP contribution in [0.2, 0.25) is 0 Å². The van der Waals surface area contributed by atoms with E-state index in [0.717, 1.165) is 39.7 Å². The van der Waals surface area contributed by atoms with Crippen molar-refractivity contribution < 1.29 is 14.3 Å². The number of aromatic nitrogens is 4. The van der Waals surface area contributed by atoms with Gasteiger partial charge < -0.3 is 19.4 Å². The average Bonchev–Trinajstić information content (AvgIpc) is 3.34. The van der Waals surface area contributed by atoms with Gasteiger partial charge in [-0.15, -0.1) is 11.3 Å². The third-order valence-electron chi connectivity index (χ3n) is 6.21. The summed E-state index contributed by atoms with van der Waals surface area (Å²) < 4.78 is 12.5. The van der Waals surface area contributed by atoms with Gasteiger partial charge in [0.05, 0.1) is 28.4 Å². The van der Waals surface area contributed by atoms with Crippen molar-refractivity contribution >= 4 is 38.5 Å². The van der Waals surface area contributed by atoms with Crippen molar-refractivity contribution in [3.8, 4) is 5.88 Å². The number of amides is 1. The predicted octanol–water partition coefficient (Wildman–Crippen LogP) is 3.28. The van der Waals surface area contributed by atoms with Gasteiger partial charge in [0.25, 0.3) is 5.91 Å². The van der Waals surface area contributed by atoms with E-state index < -0.39 is 0 Å². The van der Waals surface area contributed by atoms with Gasteiger partial charge in [-0.1, -0.05) is 12.1 Å². The first-order valence-corrected chi connectivity index (χ1v) is 11.6. The van der Waals surface area contributed by atoms with Crippen molar-refractivity contribution in [2.75, 3.05) is 27.3 Å². The number of piperidine rings is 1. The molecule has 0 aliphatic carbocycles. The zero-order valence-corrected chi connectivity index (χ0v) is 19.6. The smallest absolute Gasteiger partial charge is 0.326 e. The lowest BCUT2D eigenvalue weighted by atomic mass is 10.0. The summed E-state index contributed by atoms with van der Waals surface area (Å²) in [6, 6.07) is 7.77. The molecule has 0 radical (unpaired) electrons. The van der Waals surface area contributed by atoms with E-state index in [9.17, 15) is 9.59 Å². The van der Waals surface area contributed by atoms with E-state index in [1.54, 1.807) is 14.2 Å². The minimum Gasteiger partial charge on any atom is -0.480 e. The molecule has 0 spiro atoms. The number of aromatic amines is 1. The molecule has 10 heteroatoms. The summed E-state index contributed by atoms with van der Waals surface area (Å²) in [5.41, 5.74) is 2.48. The van der Waals surface area contributed by atoms with Gasteiger partial charge in [-0.05, 0) is 37.5 Å². The Balaban J connectivity index is 1.39. The summed E-state index contributed by atoms with van der Waals surface area (Å²) in [5, 5.41) is 0.769. The largest absolute Gasteiger partial charge is 0.480 e. The molecule has 0 atom stereocenters. The van der Waals surface area contributed by atoms with Gasteiger partial charge in [0, 0.05) is 26.2 Å². The molecule has 5 rings (SSSR count). The fourth-order valence-corrected chi connectivity index (χ4v) is 5.76. The summed E-state index contributed by atoms with van der Waals surface area (Å²) in [4.78, 5) is 41.1. The number of carbonyl (C=O) groups excluding carboxylic acids is 1. The van der Waals surface area contributed by atoms with Crippen LogP contribution in [-0.2, 0) is 11.3 Å². The molecule has 4 aromatic rings. The first kappa shape index (κ1) is 21.6. The van der Waals surface area contributed by atoms with Crippen molar-refractivity contribution in [3.05, 3.63) is 51.0 Å². The topological polar surface area (TPSA) is 102 Å². The van der Waals surface area contributed by atoms with Crippen LogP contribution in [-0.4, -0.2) is 57.6 Å². The number of fused-ring (bicyclic) bond motifs is 2. The molecule has 1 aliphatic rings. The van der Waals surface area contributed by atoms with Crippen LogP contribution in [0.15, 0.2) is 29.1 Å². The van der Waals surface area contributed by atoms with Gasteiger partial charge in [-0.25, -0.2) is 9.78 Å². The highest BCUT2D eigenvalue weighted by Gasteiger charge is 2.29. The number of hydrogen-bond donors (Lipinski definition) is 1. The molecule has 0 saturated carbocycles. The Labute approximate surface area is 194 Å². The molecule has 33 heavy (non-hydrogen) atoms. The number of H-pyrrole nitrogens is 1. The average molecular weight is 468 g/mol. The molecular weight excluding hydrogens is 442 g/mol. The number of carbonyl (C=O) groups is 1. The predicted molar refractivity (Wildman–Crippen MR) is 126 cm³/mol. The molecule has 9 nitrogen and oxygen atoms in total. The number of aryl methyl sites for hydroxylation is 1. The van der Waals surface area contributed by atoms with Crippen molar-refractivity contribution in [2.45, 2.75) is 32.4 Å². The number of methoxy groups -OCH3 is 2. The summed E-state index contributed by atoms with van der Waals surface area (Å²) in [6.45, 7) is 3.35. The molecule has 3 aromatic heterocycles. The van der Waals surface area contributed by atoms with E-state index in [2.05, 4.69) is 15.0 Å². The van der Waals surface area contributed by atoms with Crippen LogP contribution in [0.25, 0.3) is 21.3 Å². The second kappa shape index (κ2) is 8.60. The van der Waals surface area contributed by atoms with Crippen LogP contribution >= 0.6 is 11.3 Å². The second-order valence-electron chi connectivity index (χ2n) is 8.16. The van der Waals surface area contributed by atoms with Crippen LogP contribution in [0.1, 0.15) is 39.9 Å². The Morgan fingerprint density at radius 1 is 1.21 bits per heavy atom. The summed E-state index contributed by atoms with van der Waals surface area (Å²) in [5.74, 6) is 0.958. The van der Waals surface area contributed by atoms with Crippen LogP contribution in [0, 0.1) is 6.92 Å². The first-order valence-electron chi connectivity index (χ1n) is 10.8. The molecule has 1 N–H and O–H groups in total. The molecule has 1 amide bonds.